The van der Waals surface area contributed by atoms with Gasteiger partial charge >= 0.3 is 5.97 Å². The van der Waals surface area contributed by atoms with E-state index in [1.54, 1.807) is 6.07 Å². The van der Waals surface area contributed by atoms with Gasteiger partial charge in [-0.25, -0.2) is 4.79 Å². The van der Waals surface area contributed by atoms with E-state index in [1.165, 1.54) is 13.2 Å². The van der Waals surface area contributed by atoms with Crippen LogP contribution in [0.25, 0.3) is 6.08 Å². The highest BCUT2D eigenvalue weighted by molar-refractivity contribution is 9.10. The van der Waals surface area contributed by atoms with Gasteiger partial charge in [0.15, 0.2) is 0 Å². The normalized spacial score (nSPS) is 11.1. The number of benzene rings is 1. The first kappa shape index (κ1) is 10.8. The lowest BCUT2D eigenvalue weighted by Crippen LogP contribution is -2.01. The molecule has 4 heteroatoms. The number of halogens is 1. The van der Waals surface area contributed by atoms with E-state index >= 15 is 0 Å². The molecule has 0 atom stereocenters. The van der Waals surface area contributed by atoms with Crippen LogP contribution >= 0.6 is 15.9 Å². The molecule has 0 saturated heterocycles. The fourth-order valence-corrected chi connectivity index (χ4v) is 1.37. The van der Waals surface area contributed by atoms with E-state index in [0.717, 1.165) is 10.0 Å². The molecule has 1 rings (SSSR count). The SMILES string of the molecule is COC(=Cc1cccc(Br)c1)C(=O)O. The summed E-state index contributed by atoms with van der Waals surface area (Å²) in [4.78, 5) is 10.6. The Kier molecular flexibility index (Phi) is 3.71. The molecule has 0 saturated carbocycles. The Labute approximate surface area is 90.1 Å². The van der Waals surface area contributed by atoms with Gasteiger partial charge in [0.2, 0.25) is 5.76 Å². The summed E-state index contributed by atoms with van der Waals surface area (Å²) in [5.41, 5.74) is 0.777. The van der Waals surface area contributed by atoms with Crippen LogP contribution in [0.3, 0.4) is 0 Å². The number of hydrogen-bond donors (Lipinski definition) is 1. The van der Waals surface area contributed by atoms with Crippen molar-refractivity contribution in [3.05, 3.63) is 40.1 Å². The molecule has 14 heavy (non-hydrogen) atoms. The highest BCUT2D eigenvalue weighted by Crippen LogP contribution is 2.14. The van der Waals surface area contributed by atoms with Gasteiger partial charge in [-0.1, -0.05) is 28.1 Å². The molecule has 0 aromatic heterocycles. The Morgan fingerprint density at radius 2 is 2.29 bits per heavy atom. The smallest absolute Gasteiger partial charge is 0.371 e. The maximum atomic E-state index is 10.6. The third kappa shape index (κ3) is 2.88. The van der Waals surface area contributed by atoms with Gasteiger partial charge in [-0.3, -0.25) is 0 Å². The largest absolute Gasteiger partial charge is 0.490 e. The summed E-state index contributed by atoms with van der Waals surface area (Å²) < 4.78 is 5.60. The molecule has 0 spiro atoms. The van der Waals surface area contributed by atoms with Crippen molar-refractivity contribution >= 4 is 28.0 Å². The van der Waals surface area contributed by atoms with Gasteiger partial charge in [0, 0.05) is 4.47 Å². The van der Waals surface area contributed by atoms with Gasteiger partial charge in [-0.2, -0.15) is 0 Å². The Balaban J connectivity index is 3.00. The number of carboxylic acids is 1. The van der Waals surface area contributed by atoms with Crippen LogP contribution in [0.15, 0.2) is 34.5 Å². The molecule has 0 heterocycles. The van der Waals surface area contributed by atoms with Crippen LogP contribution in [0.4, 0.5) is 0 Å². The van der Waals surface area contributed by atoms with Crippen LogP contribution in [-0.2, 0) is 9.53 Å². The third-order valence-electron chi connectivity index (χ3n) is 1.58. The van der Waals surface area contributed by atoms with Gasteiger partial charge < -0.3 is 9.84 Å². The molecule has 0 amide bonds. The Morgan fingerprint density at radius 3 is 2.79 bits per heavy atom. The summed E-state index contributed by atoms with van der Waals surface area (Å²) in [5, 5.41) is 8.70. The summed E-state index contributed by atoms with van der Waals surface area (Å²) in [6, 6.07) is 7.30. The molecule has 1 aromatic rings. The summed E-state index contributed by atoms with van der Waals surface area (Å²) in [5.74, 6) is -1.16. The first-order valence-electron chi connectivity index (χ1n) is 3.88. The number of hydrogen-bond acceptors (Lipinski definition) is 2. The van der Waals surface area contributed by atoms with Crippen molar-refractivity contribution in [1.29, 1.82) is 0 Å². The molecule has 1 N–H and O–H groups in total. The highest BCUT2D eigenvalue weighted by atomic mass is 79.9. The number of carboxylic acid groups (broad SMARTS) is 1. The van der Waals surface area contributed by atoms with Crippen LogP contribution in [0, 0.1) is 0 Å². The molecule has 0 fully saturated rings. The van der Waals surface area contributed by atoms with Gasteiger partial charge in [0.25, 0.3) is 0 Å². The maximum Gasteiger partial charge on any atom is 0.371 e. The molecule has 0 aliphatic rings. The van der Waals surface area contributed by atoms with Crippen LogP contribution in [0.5, 0.6) is 0 Å². The fourth-order valence-electron chi connectivity index (χ4n) is 0.956. The predicted octanol–water partition coefficient (Wildman–Crippen LogP) is 2.52. The molecule has 74 valence electrons. The van der Waals surface area contributed by atoms with Gasteiger partial charge in [0.05, 0.1) is 7.11 Å². The topological polar surface area (TPSA) is 46.5 Å². The second-order valence-electron chi connectivity index (χ2n) is 2.57. The van der Waals surface area contributed by atoms with E-state index in [1.807, 2.05) is 18.2 Å². The van der Waals surface area contributed by atoms with Crippen LogP contribution in [-0.4, -0.2) is 18.2 Å². The first-order chi connectivity index (χ1) is 6.63. The summed E-state index contributed by atoms with van der Waals surface area (Å²) in [7, 11) is 1.33. The van der Waals surface area contributed by atoms with E-state index in [9.17, 15) is 4.79 Å². The number of carbonyl (C=O) groups is 1. The zero-order valence-corrected chi connectivity index (χ0v) is 9.11. The summed E-state index contributed by atoms with van der Waals surface area (Å²) in [6.45, 7) is 0. The summed E-state index contributed by atoms with van der Waals surface area (Å²) >= 11 is 3.29. The van der Waals surface area contributed by atoms with E-state index in [4.69, 9.17) is 9.84 Å². The minimum Gasteiger partial charge on any atom is -0.490 e. The van der Waals surface area contributed by atoms with E-state index < -0.39 is 5.97 Å². The van der Waals surface area contributed by atoms with Crippen molar-refractivity contribution in [3.8, 4) is 0 Å². The molecular formula is C10H9BrO3. The molecule has 0 bridgehead atoms. The quantitative estimate of drug-likeness (QED) is 0.668. The minimum atomic E-state index is -1.08. The van der Waals surface area contributed by atoms with Crippen LogP contribution in [0.2, 0.25) is 0 Å². The second-order valence-corrected chi connectivity index (χ2v) is 3.49. The zero-order valence-electron chi connectivity index (χ0n) is 7.53. The van der Waals surface area contributed by atoms with Crippen molar-refractivity contribution in [3.63, 3.8) is 0 Å². The second kappa shape index (κ2) is 4.81. The molecule has 1 aromatic carbocycles. The molecule has 0 aliphatic carbocycles. The first-order valence-corrected chi connectivity index (χ1v) is 4.67. The predicted molar refractivity (Wildman–Crippen MR) is 56.8 cm³/mol. The molecular weight excluding hydrogens is 248 g/mol. The van der Waals surface area contributed by atoms with Gasteiger partial charge in [-0.15, -0.1) is 0 Å². The lowest BCUT2D eigenvalue weighted by molar-refractivity contribution is -0.135. The van der Waals surface area contributed by atoms with Gasteiger partial charge in [-0.05, 0) is 23.8 Å². The molecule has 0 radical (unpaired) electrons. The lowest BCUT2D eigenvalue weighted by atomic mass is 10.2. The highest BCUT2D eigenvalue weighted by Gasteiger charge is 2.06. The Morgan fingerprint density at radius 1 is 1.57 bits per heavy atom. The van der Waals surface area contributed by atoms with Crippen molar-refractivity contribution in [2.24, 2.45) is 0 Å². The van der Waals surface area contributed by atoms with E-state index in [2.05, 4.69) is 15.9 Å². The zero-order chi connectivity index (χ0) is 10.6. The molecule has 3 nitrogen and oxygen atoms in total. The summed E-state index contributed by atoms with van der Waals surface area (Å²) in [6.07, 6.45) is 1.47. The maximum absolute atomic E-state index is 10.6. The standard InChI is InChI=1S/C10H9BrO3/c1-14-9(10(12)13)6-7-3-2-4-8(11)5-7/h2-6H,1H3,(H,12,13). The number of rotatable bonds is 3. The number of aliphatic carboxylic acids is 1. The molecule has 0 unspecified atom stereocenters. The number of ether oxygens (including phenoxy) is 1. The average Bonchev–Trinajstić information content (AvgIpc) is 2.14. The lowest BCUT2D eigenvalue weighted by Gasteiger charge is -2.00. The van der Waals surface area contributed by atoms with Crippen molar-refractivity contribution in [1.82, 2.24) is 0 Å². The van der Waals surface area contributed by atoms with Crippen LogP contribution in [0.1, 0.15) is 5.56 Å². The number of methoxy groups -OCH3 is 1. The fraction of sp³-hybridized carbons (Fsp3) is 0.100. The Hall–Kier alpha value is -1.29. The van der Waals surface area contributed by atoms with Crippen molar-refractivity contribution < 1.29 is 14.6 Å². The average molecular weight is 257 g/mol. The van der Waals surface area contributed by atoms with Gasteiger partial charge in [0.1, 0.15) is 0 Å². The van der Waals surface area contributed by atoms with E-state index in [0.29, 0.717) is 0 Å². The molecule has 0 aliphatic heterocycles. The van der Waals surface area contributed by atoms with Crippen LogP contribution < -0.4 is 0 Å². The van der Waals surface area contributed by atoms with E-state index in [-0.39, 0.29) is 5.76 Å². The van der Waals surface area contributed by atoms with Crippen molar-refractivity contribution in [2.75, 3.05) is 7.11 Å². The minimum absolute atomic E-state index is 0.0805. The monoisotopic (exact) mass is 256 g/mol. The van der Waals surface area contributed by atoms with Crippen molar-refractivity contribution in [2.45, 2.75) is 0 Å². The third-order valence-corrected chi connectivity index (χ3v) is 2.07. The Bertz CT molecular complexity index is 371.